The van der Waals surface area contributed by atoms with Crippen molar-refractivity contribution in [3.63, 3.8) is 0 Å². The Balaban J connectivity index is 1.27. The zero-order chi connectivity index (χ0) is 30.2. The van der Waals surface area contributed by atoms with E-state index in [1.54, 1.807) is 11.3 Å². The molecule has 10 rings (SSSR count). The molecular weight excluding hydrogens is 579 g/mol. The summed E-state index contributed by atoms with van der Waals surface area (Å²) in [5, 5.41) is 4.38. The lowest BCUT2D eigenvalue weighted by Crippen LogP contribution is -2.00. The zero-order valence-corrected chi connectivity index (χ0v) is 25.7. The summed E-state index contributed by atoms with van der Waals surface area (Å²) in [5.74, 6) is 0.929. The monoisotopic (exact) mass is 605 g/mol. The minimum atomic E-state index is 0.870. The molecule has 3 nitrogen and oxygen atoms in total. The lowest BCUT2D eigenvalue weighted by molar-refractivity contribution is 1.11. The van der Waals surface area contributed by atoms with Gasteiger partial charge in [0.15, 0.2) is 0 Å². The summed E-state index contributed by atoms with van der Waals surface area (Å²) in [5.41, 5.74) is 18.1. The van der Waals surface area contributed by atoms with Crippen LogP contribution in [-0.2, 0) is 6.42 Å². The highest BCUT2D eigenvalue weighted by Gasteiger charge is 2.24. The quantitative estimate of drug-likeness (QED) is 0.196. The molecule has 6 aromatic carbocycles. The predicted octanol–water partition coefficient (Wildman–Crippen LogP) is 11.1. The summed E-state index contributed by atoms with van der Waals surface area (Å²) in [6, 6.07) is 50.9. The number of benzene rings is 6. The van der Waals surface area contributed by atoms with Crippen molar-refractivity contribution in [2.75, 3.05) is 0 Å². The Hall–Kier alpha value is -5.71. The molecule has 0 N–H and O–H groups in total. The number of rotatable bonds is 3. The second kappa shape index (κ2) is 9.90. The van der Waals surface area contributed by atoms with Gasteiger partial charge in [0.05, 0.1) is 22.1 Å². The number of hydrogen-bond donors (Lipinski definition) is 0. The topological polar surface area (TPSA) is 22.2 Å². The van der Waals surface area contributed by atoms with Gasteiger partial charge in [0.2, 0.25) is 5.78 Å². The molecule has 1 aliphatic rings. The van der Waals surface area contributed by atoms with Gasteiger partial charge >= 0.3 is 0 Å². The van der Waals surface area contributed by atoms with Crippen molar-refractivity contribution in [3.05, 3.63) is 161 Å². The summed E-state index contributed by atoms with van der Waals surface area (Å²) >= 11 is 1.74. The van der Waals surface area contributed by atoms with Crippen LogP contribution in [0.2, 0.25) is 0 Å². The molecule has 0 unspecified atom stereocenters. The smallest absolute Gasteiger partial charge is 0.220 e. The number of nitrogens with zero attached hydrogens (tertiary/aromatic N) is 3. The van der Waals surface area contributed by atoms with E-state index >= 15 is 0 Å². The van der Waals surface area contributed by atoms with Crippen LogP contribution in [0.5, 0.6) is 0 Å². The van der Waals surface area contributed by atoms with Gasteiger partial charge in [-0.2, -0.15) is 11.3 Å². The zero-order valence-electron chi connectivity index (χ0n) is 24.9. The molecule has 4 heteroatoms. The van der Waals surface area contributed by atoms with Crippen molar-refractivity contribution in [2.24, 2.45) is 0 Å². The minimum absolute atomic E-state index is 0.870. The van der Waals surface area contributed by atoms with Crippen LogP contribution in [0.1, 0.15) is 11.1 Å². The van der Waals surface area contributed by atoms with Crippen LogP contribution in [0.3, 0.4) is 0 Å². The SMILES string of the molecule is c1ccc2c(c1)-c1ccccc1-c1ccc(-n3c4ccccc4n4c5cccc(Cc6ccsc6)c5nc34)cc1-c1ccccc1-2. The summed E-state index contributed by atoms with van der Waals surface area (Å²) in [4.78, 5) is 5.39. The Labute approximate surface area is 270 Å². The molecule has 0 radical (unpaired) electrons. The first-order chi connectivity index (χ1) is 22.8. The van der Waals surface area contributed by atoms with Crippen molar-refractivity contribution >= 4 is 39.2 Å². The van der Waals surface area contributed by atoms with Crippen molar-refractivity contribution in [2.45, 2.75) is 6.42 Å². The molecule has 46 heavy (non-hydrogen) atoms. The Morgan fingerprint density at radius 2 is 1.07 bits per heavy atom. The summed E-state index contributed by atoms with van der Waals surface area (Å²) < 4.78 is 4.67. The van der Waals surface area contributed by atoms with E-state index in [2.05, 4.69) is 159 Å². The summed E-state index contributed by atoms with van der Waals surface area (Å²) in [6.45, 7) is 0. The number of imidazole rings is 2. The van der Waals surface area contributed by atoms with Crippen LogP contribution in [0.4, 0.5) is 0 Å². The van der Waals surface area contributed by atoms with Crippen LogP contribution >= 0.6 is 11.3 Å². The fraction of sp³-hybridized carbons (Fsp3) is 0.0238. The molecule has 3 aromatic heterocycles. The Morgan fingerprint density at radius 1 is 0.500 bits per heavy atom. The van der Waals surface area contributed by atoms with Crippen molar-refractivity contribution < 1.29 is 0 Å². The van der Waals surface area contributed by atoms with Gasteiger partial charge in [-0.25, -0.2) is 4.98 Å². The van der Waals surface area contributed by atoms with Crippen LogP contribution in [0, 0.1) is 0 Å². The van der Waals surface area contributed by atoms with Crippen LogP contribution < -0.4 is 0 Å². The second-order valence-corrected chi connectivity index (χ2v) is 12.8. The van der Waals surface area contributed by atoms with Gasteiger partial charge in [-0.05, 0) is 103 Å². The fourth-order valence-electron chi connectivity index (χ4n) is 7.48. The van der Waals surface area contributed by atoms with E-state index in [1.807, 2.05) is 0 Å². The maximum atomic E-state index is 5.39. The van der Waals surface area contributed by atoms with Crippen molar-refractivity contribution in [1.82, 2.24) is 14.0 Å². The molecule has 0 atom stereocenters. The highest BCUT2D eigenvalue weighted by Crippen LogP contribution is 2.48. The normalized spacial score (nSPS) is 12.0. The van der Waals surface area contributed by atoms with Gasteiger partial charge in [-0.15, -0.1) is 0 Å². The number of fused-ring (bicyclic) bond motifs is 13. The standard InChI is InChI=1S/C42H27N3S/c1-2-12-31-30(11-1)32-13-3-4-15-34(32)36-21-20-29(25-37(36)35-16-6-5-14-33(31)35)44-38-17-7-8-18-39(38)45-40-19-9-10-28(41(40)43-42(44)45)24-27-22-23-46-26-27/h1-23,25-26H,24H2. The minimum Gasteiger partial charge on any atom is -0.278 e. The summed E-state index contributed by atoms with van der Waals surface area (Å²) in [7, 11) is 0. The second-order valence-electron chi connectivity index (χ2n) is 12.0. The largest absolute Gasteiger partial charge is 0.278 e. The number of thiophene rings is 1. The maximum absolute atomic E-state index is 5.39. The van der Waals surface area contributed by atoms with Crippen LogP contribution in [-0.4, -0.2) is 14.0 Å². The van der Waals surface area contributed by atoms with Crippen molar-refractivity contribution in [3.8, 4) is 50.2 Å². The molecule has 216 valence electrons. The number of para-hydroxylation sites is 3. The van der Waals surface area contributed by atoms with E-state index in [0.717, 1.165) is 40.0 Å². The van der Waals surface area contributed by atoms with E-state index < -0.39 is 0 Å². The van der Waals surface area contributed by atoms with Gasteiger partial charge in [0.25, 0.3) is 0 Å². The first-order valence-electron chi connectivity index (χ1n) is 15.7. The van der Waals surface area contributed by atoms with Gasteiger partial charge in [-0.3, -0.25) is 8.97 Å². The third-order valence-corrected chi connectivity index (χ3v) is 10.2. The van der Waals surface area contributed by atoms with E-state index in [1.165, 1.54) is 55.6 Å². The molecule has 1 aliphatic carbocycles. The molecule has 9 aromatic rings. The highest BCUT2D eigenvalue weighted by atomic mass is 32.1. The first-order valence-corrected chi connectivity index (χ1v) is 16.6. The van der Waals surface area contributed by atoms with Crippen molar-refractivity contribution in [1.29, 1.82) is 0 Å². The molecule has 0 bridgehead atoms. The van der Waals surface area contributed by atoms with Gasteiger partial charge in [0, 0.05) is 12.1 Å². The van der Waals surface area contributed by atoms with Gasteiger partial charge in [-0.1, -0.05) is 103 Å². The average Bonchev–Trinajstić information content (AvgIpc) is 3.84. The van der Waals surface area contributed by atoms with Gasteiger partial charge < -0.3 is 0 Å². The molecular formula is C42H27N3S. The Kier molecular flexibility index (Phi) is 5.51. The molecule has 0 spiro atoms. The number of aromatic nitrogens is 3. The van der Waals surface area contributed by atoms with E-state index in [0.29, 0.717) is 0 Å². The maximum Gasteiger partial charge on any atom is 0.220 e. The molecule has 0 saturated carbocycles. The first kappa shape index (κ1) is 25.6. The average molecular weight is 606 g/mol. The Morgan fingerprint density at radius 3 is 1.70 bits per heavy atom. The number of hydrogen-bond acceptors (Lipinski definition) is 2. The lowest BCUT2D eigenvalue weighted by Gasteiger charge is -2.23. The van der Waals surface area contributed by atoms with E-state index in [-0.39, 0.29) is 0 Å². The third kappa shape index (κ3) is 3.68. The highest BCUT2D eigenvalue weighted by molar-refractivity contribution is 7.07. The molecule has 0 aliphatic heterocycles. The Bertz CT molecular complexity index is 2610. The predicted molar refractivity (Wildman–Crippen MR) is 192 cm³/mol. The summed E-state index contributed by atoms with van der Waals surface area (Å²) in [6.07, 6.45) is 0.870. The third-order valence-electron chi connectivity index (χ3n) is 9.49. The molecule has 0 amide bonds. The lowest BCUT2D eigenvalue weighted by atomic mass is 9.81. The fourth-order valence-corrected chi connectivity index (χ4v) is 8.15. The van der Waals surface area contributed by atoms with E-state index in [4.69, 9.17) is 4.98 Å². The molecule has 0 fully saturated rings. The molecule has 3 heterocycles. The van der Waals surface area contributed by atoms with Crippen LogP contribution in [0.25, 0.3) is 78.0 Å². The van der Waals surface area contributed by atoms with E-state index in [9.17, 15) is 0 Å². The van der Waals surface area contributed by atoms with Crippen LogP contribution in [0.15, 0.2) is 150 Å². The molecule has 0 saturated heterocycles. The van der Waals surface area contributed by atoms with Gasteiger partial charge in [0.1, 0.15) is 0 Å².